The van der Waals surface area contributed by atoms with Gasteiger partial charge in [-0.15, -0.1) is 0 Å². The molecule has 1 N–H and O–H groups in total. The summed E-state index contributed by atoms with van der Waals surface area (Å²) in [6.07, 6.45) is 2.28. The molecule has 1 unspecified atom stereocenters. The van der Waals surface area contributed by atoms with Crippen molar-refractivity contribution in [1.82, 2.24) is 20.1 Å². The van der Waals surface area contributed by atoms with Crippen molar-refractivity contribution in [2.45, 2.75) is 12.3 Å². The second-order valence-corrected chi connectivity index (χ2v) is 4.31. The van der Waals surface area contributed by atoms with Crippen LogP contribution >= 0.6 is 0 Å². The van der Waals surface area contributed by atoms with Gasteiger partial charge in [0, 0.05) is 25.9 Å². The molecule has 0 saturated carbocycles. The van der Waals surface area contributed by atoms with Crippen LogP contribution in [0.4, 0.5) is 4.39 Å². The number of hydrogen-bond acceptors (Lipinski definition) is 3. The number of rotatable bonds is 5. The first kappa shape index (κ1) is 12.7. The maximum Gasteiger partial charge on any atom is 0.138 e. The van der Waals surface area contributed by atoms with Gasteiger partial charge in [-0.25, -0.2) is 9.37 Å². The summed E-state index contributed by atoms with van der Waals surface area (Å²) >= 11 is 0. The monoisotopic (exact) mass is 248 g/mol. The van der Waals surface area contributed by atoms with Gasteiger partial charge in [0.2, 0.25) is 0 Å². The van der Waals surface area contributed by atoms with E-state index in [0.717, 1.165) is 24.4 Å². The molecule has 4 nitrogen and oxygen atoms in total. The molecule has 0 amide bonds. The molecule has 0 spiro atoms. The molecule has 18 heavy (non-hydrogen) atoms. The average Bonchev–Trinajstić information content (AvgIpc) is 2.74. The molecule has 0 aliphatic rings. The summed E-state index contributed by atoms with van der Waals surface area (Å²) < 4.78 is 15.0. The van der Waals surface area contributed by atoms with Crippen LogP contribution in [0.25, 0.3) is 0 Å². The minimum absolute atomic E-state index is 0.189. The third-order valence-corrected chi connectivity index (χ3v) is 3.00. The van der Waals surface area contributed by atoms with Crippen molar-refractivity contribution in [3.05, 3.63) is 47.8 Å². The van der Waals surface area contributed by atoms with Crippen molar-refractivity contribution in [2.75, 3.05) is 13.6 Å². The lowest BCUT2D eigenvalue weighted by atomic mass is 9.95. The number of nitrogens with zero attached hydrogens (tertiary/aromatic N) is 3. The molecule has 2 rings (SSSR count). The zero-order valence-corrected chi connectivity index (χ0v) is 10.6. The van der Waals surface area contributed by atoms with E-state index in [1.165, 1.54) is 12.4 Å². The molecular weight excluding hydrogens is 231 g/mol. The summed E-state index contributed by atoms with van der Waals surface area (Å²) in [5, 5.41) is 7.19. The molecule has 0 aliphatic carbocycles. The number of halogens is 1. The van der Waals surface area contributed by atoms with E-state index >= 15 is 0 Å². The fraction of sp³-hybridized carbons (Fsp3) is 0.385. The summed E-state index contributed by atoms with van der Waals surface area (Å²) in [7, 11) is 3.76. The van der Waals surface area contributed by atoms with E-state index in [1.807, 2.05) is 20.2 Å². The predicted molar refractivity (Wildman–Crippen MR) is 67.8 cm³/mol. The molecule has 1 atom stereocenters. The molecule has 1 aromatic carbocycles. The van der Waals surface area contributed by atoms with Gasteiger partial charge >= 0.3 is 0 Å². The summed E-state index contributed by atoms with van der Waals surface area (Å²) in [6, 6.07) is 6.73. The SMILES string of the molecule is CNCC(Cc1ncnn1C)c1cccc(F)c1. The molecule has 0 radical (unpaired) electrons. The molecule has 0 bridgehead atoms. The highest BCUT2D eigenvalue weighted by Gasteiger charge is 2.15. The fourth-order valence-electron chi connectivity index (χ4n) is 2.04. The summed E-state index contributed by atoms with van der Waals surface area (Å²) in [4.78, 5) is 4.22. The Bertz CT molecular complexity index is 509. The first-order chi connectivity index (χ1) is 8.70. The molecule has 1 aromatic heterocycles. The maximum absolute atomic E-state index is 13.3. The van der Waals surface area contributed by atoms with Gasteiger partial charge in [0.25, 0.3) is 0 Å². The Morgan fingerprint density at radius 1 is 1.44 bits per heavy atom. The highest BCUT2D eigenvalue weighted by Crippen LogP contribution is 2.20. The van der Waals surface area contributed by atoms with E-state index in [2.05, 4.69) is 15.4 Å². The Morgan fingerprint density at radius 3 is 2.89 bits per heavy atom. The Kier molecular flexibility index (Phi) is 4.04. The first-order valence-corrected chi connectivity index (χ1v) is 5.93. The van der Waals surface area contributed by atoms with Crippen LogP contribution in [0.3, 0.4) is 0 Å². The van der Waals surface area contributed by atoms with Crippen molar-refractivity contribution in [3.63, 3.8) is 0 Å². The number of likely N-dealkylation sites (N-methyl/N-ethyl adjacent to an activating group) is 1. The first-order valence-electron chi connectivity index (χ1n) is 5.93. The minimum Gasteiger partial charge on any atom is -0.319 e. The zero-order valence-electron chi connectivity index (χ0n) is 10.6. The minimum atomic E-state index is -0.202. The van der Waals surface area contributed by atoms with Gasteiger partial charge in [-0.2, -0.15) is 5.10 Å². The lowest BCUT2D eigenvalue weighted by molar-refractivity contribution is 0.573. The lowest BCUT2D eigenvalue weighted by Crippen LogP contribution is -2.20. The van der Waals surface area contributed by atoms with E-state index in [4.69, 9.17) is 0 Å². The van der Waals surface area contributed by atoms with Gasteiger partial charge in [0.05, 0.1) is 0 Å². The Morgan fingerprint density at radius 2 is 2.28 bits per heavy atom. The number of aromatic nitrogens is 3. The topological polar surface area (TPSA) is 42.7 Å². The van der Waals surface area contributed by atoms with Crippen LogP contribution in [-0.4, -0.2) is 28.4 Å². The fourth-order valence-corrected chi connectivity index (χ4v) is 2.04. The Labute approximate surface area is 106 Å². The molecule has 0 fully saturated rings. The molecular formula is C13H17FN4. The van der Waals surface area contributed by atoms with Gasteiger partial charge in [0.15, 0.2) is 0 Å². The molecule has 2 aromatic rings. The number of hydrogen-bond donors (Lipinski definition) is 1. The molecule has 0 aliphatic heterocycles. The molecule has 96 valence electrons. The Hall–Kier alpha value is -1.75. The van der Waals surface area contributed by atoms with E-state index in [-0.39, 0.29) is 11.7 Å². The third-order valence-electron chi connectivity index (χ3n) is 3.00. The van der Waals surface area contributed by atoms with E-state index in [1.54, 1.807) is 16.8 Å². The highest BCUT2D eigenvalue weighted by atomic mass is 19.1. The van der Waals surface area contributed by atoms with Gasteiger partial charge in [-0.1, -0.05) is 12.1 Å². The standard InChI is InChI=1S/C13H17FN4/c1-15-8-11(7-13-16-9-17-18(13)2)10-4-3-5-12(14)6-10/h3-6,9,11,15H,7-8H2,1-2H3. The van der Waals surface area contributed by atoms with Crippen molar-refractivity contribution in [1.29, 1.82) is 0 Å². The predicted octanol–water partition coefficient (Wildman–Crippen LogP) is 1.50. The Balaban J connectivity index is 2.20. The highest BCUT2D eigenvalue weighted by molar-refractivity contribution is 5.22. The number of benzene rings is 1. The third kappa shape index (κ3) is 2.92. The van der Waals surface area contributed by atoms with Crippen LogP contribution in [-0.2, 0) is 13.5 Å². The van der Waals surface area contributed by atoms with Crippen molar-refractivity contribution >= 4 is 0 Å². The van der Waals surface area contributed by atoms with Crippen molar-refractivity contribution in [3.8, 4) is 0 Å². The second-order valence-electron chi connectivity index (χ2n) is 4.31. The molecule has 5 heteroatoms. The number of nitrogens with one attached hydrogen (secondary N) is 1. The van der Waals surface area contributed by atoms with Crippen LogP contribution < -0.4 is 5.32 Å². The second kappa shape index (κ2) is 5.73. The van der Waals surface area contributed by atoms with Gasteiger partial charge in [-0.05, 0) is 24.7 Å². The van der Waals surface area contributed by atoms with E-state index in [9.17, 15) is 4.39 Å². The van der Waals surface area contributed by atoms with Gasteiger partial charge < -0.3 is 5.32 Å². The van der Waals surface area contributed by atoms with Crippen LogP contribution in [0.2, 0.25) is 0 Å². The quantitative estimate of drug-likeness (QED) is 0.872. The van der Waals surface area contributed by atoms with Crippen LogP contribution in [0.5, 0.6) is 0 Å². The lowest BCUT2D eigenvalue weighted by Gasteiger charge is -2.16. The normalized spacial score (nSPS) is 12.6. The average molecular weight is 248 g/mol. The largest absolute Gasteiger partial charge is 0.319 e. The smallest absolute Gasteiger partial charge is 0.138 e. The van der Waals surface area contributed by atoms with E-state index < -0.39 is 0 Å². The zero-order chi connectivity index (χ0) is 13.0. The van der Waals surface area contributed by atoms with Crippen LogP contribution in [0, 0.1) is 5.82 Å². The van der Waals surface area contributed by atoms with Gasteiger partial charge in [-0.3, -0.25) is 4.68 Å². The van der Waals surface area contributed by atoms with Gasteiger partial charge in [0.1, 0.15) is 18.0 Å². The summed E-state index contributed by atoms with van der Waals surface area (Å²) in [5.41, 5.74) is 0.979. The molecule has 1 heterocycles. The van der Waals surface area contributed by atoms with Crippen LogP contribution in [0.15, 0.2) is 30.6 Å². The van der Waals surface area contributed by atoms with Crippen molar-refractivity contribution < 1.29 is 4.39 Å². The molecule has 0 saturated heterocycles. The van der Waals surface area contributed by atoms with Crippen LogP contribution in [0.1, 0.15) is 17.3 Å². The van der Waals surface area contributed by atoms with E-state index in [0.29, 0.717) is 0 Å². The maximum atomic E-state index is 13.3. The number of aryl methyl sites for hydroxylation is 1. The summed E-state index contributed by atoms with van der Waals surface area (Å²) in [6.45, 7) is 0.774. The summed E-state index contributed by atoms with van der Waals surface area (Å²) in [5.74, 6) is 0.889. The van der Waals surface area contributed by atoms with Crippen molar-refractivity contribution in [2.24, 2.45) is 7.05 Å².